The van der Waals surface area contributed by atoms with E-state index in [-0.39, 0.29) is 30.6 Å². The lowest BCUT2D eigenvalue weighted by Crippen LogP contribution is -2.32. The van der Waals surface area contributed by atoms with Crippen LogP contribution in [0.2, 0.25) is 0 Å². The average molecular weight is 274 g/mol. The fourth-order valence-corrected chi connectivity index (χ4v) is 1.45. The molecule has 8 heteroatoms. The number of amides is 1. The average Bonchev–Trinajstić information content (AvgIpc) is 2.38. The van der Waals surface area contributed by atoms with E-state index in [4.69, 9.17) is 5.11 Å². The molecule has 19 heavy (non-hydrogen) atoms. The van der Waals surface area contributed by atoms with E-state index in [1.807, 2.05) is 0 Å². The first kappa shape index (κ1) is 15.2. The molecule has 1 amide bonds. The Morgan fingerprint density at radius 3 is 2.68 bits per heavy atom. The van der Waals surface area contributed by atoms with E-state index in [1.165, 1.54) is 17.0 Å². The van der Waals surface area contributed by atoms with Crippen LogP contribution in [-0.2, 0) is 0 Å². The summed E-state index contributed by atoms with van der Waals surface area (Å²) in [7, 11) is 0. The van der Waals surface area contributed by atoms with Gasteiger partial charge >= 0.3 is 0 Å². The molecule has 0 saturated heterocycles. The van der Waals surface area contributed by atoms with Crippen molar-refractivity contribution in [1.82, 2.24) is 15.5 Å². The number of aliphatic hydroxyl groups is 1. The van der Waals surface area contributed by atoms with Gasteiger partial charge in [-0.05, 0) is 19.1 Å². The first-order chi connectivity index (χ1) is 9.08. The number of rotatable bonds is 7. The summed E-state index contributed by atoms with van der Waals surface area (Å²) in [6.07, 6.45) is -2.54. The van der Waals surface area contributed by atoms with Gasteiger partial charge in [0.1, 0.15) is 0 Å². The van der Waals surface area contributed by atoms with Gasteiger partial charge in [0.15, 0.2) is 11.5 Å². The summed E-state index contributed by atoms with van der Waals surface area (Å²) in [5.41, 5.74) is 0.117. The molecule has 1 aromatic heterocycles. The minimum Gasteiger partial charge on any atom is -0.395 e. The van der Waals surface area contributed by atoms with E-state index < -0.39 is 13.0 Å². The lowest BCUT2D eigenvalue weighted by Gasteiger charge is -2.21. The molecular weight excluding hydrogens is 258 g/mol. The topological polar surface area (TPSA) is 78.4 Å². The molecule has 0 radical (unpaired) electrons. The number of aromatic nitrogens is 2. The molecule has 0 spiro atoms. The Labute approximate surface area is 109 Å². The van der Waals surface area contributed by atoms with Crippen LogP contribution in [0.4, 0.5) is 14.6 Å². The van der Waals surface area contributed by atoms with Gasteiger partial charge in [0.2, 0.25) is 0 Å². The number of alkyl halides is 2. The highest BCUT2D eigenvalue weighted by Crippen LogP contribution is 2.11. The molecule has 0 bridgehead atoms. The van der Waals surface area contributed by atoms with Crippen molar-refractivity contribution in [3.63, 3.8) is 0 Å². The first-order valence-electron chi connectivity index (χ1n) is 5.84. The molecule has 0 aliphatic heterocycles. The number of hydrogen-bond donors (Lipinski definition) is 2. The number of carbonyl (C=O) groups excluding carboxylic acids is 1. The van der Waals surface area contributed by atoms with Gasteiger partial charge in [0.25, 0.3) is 12.3 Å². The summed E-state index contributed by atoms with van der Waals surface area (Å²) >= 11 is 0. The second-order valence-electron chi connectivity index (χ2n) is 3.70. The Kier molecular flexibility index (Phi) is 6.07. The summed E-state index contributed by atoms with van der Waals surface area (Å²) < 4.78 is 24.7. The van der Waals surface area contributed by atoms with Crippen molar-refractivity contribution in [2.75, 3.05) is 31.1 Å². The monoisotopic (exact) mass is 274 g/mol. The van der Waals surface area contributed by atoms with Gasteiger partial charge in [0, 0.05) is 13.1 Å². The van der Waals surface area contributed by atoms with Gasteiger partial charge in [-0.15, -0.1) is 10.2 Å². The Balaban J connectivity index is 2.79. The molecule has 2 N–H and O–H groups in total. The molecule has 0 unspecified atom stereocenters. The van der Waals surface area contributed by atoms with Crippen molar-refractivity contribution in [1.29, 1.82) is 0 Å². The van der Waals surface area contributed by atoms with Crippen LogP contribution in [0.5, 0.6) is 0 Å². The molecule has 1 aromatic rings. The summed E-state index contributed by atoms with van der Waals surface area (Å²) in [5.74, 6) is -0.175. The third kappa shape index (κ3) is 4.74. The molecule has 0 atom stereocenters. The Bertz CT molecular complexity index is 400. The summed E-state index contributed by atoms with van der Waals surface area (Å²) in [5, 5.41) is 18.8. The van der Waals surface area contributed by atoms with Gasteiger partial charge in [-0.1, -0.05) is 0 Å². The number of nitrogens with one attached hydrogen (secondary N) is 1. The van der Waals surface area contributed by atoms with Crippen LogP contribution in [0.3, 0.4) is 0 Å². The Morgan fingerprint density at radius 1 is 1.47 bits per heavy atom. The van der Waals surface area contributed by atoms with Crippen LogP contribution in [0.15, 0.2) is 12.1 Å². The minimum atomic E-state index is -2.54. The van der Waals surface area contributed by atoms with Crippen LogP contribution in [0.1, 0.15) is 17.4 Å². The zero-order valence-electron chi connectivity index (χ0n) is 10.5. The molecule has 106 valence electrons. The van der Waals surface area contributed by atoms with E-state index in [1.54, 1.807) is 6.92 Å². The Morgan fingerprint density at radius 2 is 2.21 bits per heavy atom. The number of carbonyl (C=O) groups is 1. The Hall–Kier alpha value is -1.83. The maximum atomic E-state index is 12.4. The van der Waals surface area contributed by atoms with Crippen LogP contribution in [0, 0.1) is 0 Å². The summed E-state index contributed by atoms with van der Waals surface area (Å²) in [6, 6.07) is 2.83. The molecule has 0 aliphatic carbocycles. The van der Waals surface area contributed by atoms with Gasteiger partial charge in [-0.2, -0.15) is 0 Å². The largest absolute Gasteiger partial charge is 0.395 e. The lowest BCUT2D eigenvalue weighted by molar-refractivity contribution is 0.0949. The van der Waals surface area contributed by atoms with Crippen LogP contribution < -0.4 is 10.2 Å². The SMILES string of the molecule is CCNC(=O)c1ccc(N(CCO)CC(F)F)nn1. The van der Waals surface area contributed by atoms with Gasteiger partial charge in [-0.25, -0.2) is 8.78 Å². The molecule has 6 nitrogen and oxygen atoms in total. The molecule has 0 aromatic carbocycles. The maximum absolute atomic E-state index is 12.4. The maximum Gasteiger partial charge on any atom is 0.271 e. The second kappa shape index (κ2) is 7.57. The highest BCUT2D eigenvalue weighted by molar-refractivity contribution is 5.92. The third-order valence-corrected chi connectivity index (χ3v) is 2.27. The van der Waals surface area contributed by atoms with Crippen molar-refractivity contribution in [3.8, 4) is 0 Å². The van der Waals surface area contributed by atoms with Gasteiger partial charge < -0.3 is 15.3 Å². The van der Waals surface area contributed by atoms with E-state index in [0.29, 0.717) is 6.54 Å². The zero-order valence-corrected chi connectivity index (χ0v) is 10.5. The van der Waals surface area contributed by atoms with Gasteiger partial charge in [-0.3, -0.25) is 4.79 Å². The van der Waals surface area contributed by atoms with Crippen molar-refractivity contribution >= 4 is 11.7 Å². The predicted molar refractivity (Wildman–Crippen MR) is 65.3 cm³/mol. The fraction of sp³-hybridized carbons (Fsp3) is 0.545. The fourth-order valence-electron chi connectivity index (χ4n) is 1.45. The zero-order chi connectivity index (χ0) is 14.3. The van der Waals surface area contributed by atoms with Crippen molar-refractivity contribution in [3.05, 3.63) is 17.8 Å². The van der Waals surface area contributed by atoms with Crippen molar-refractivity contribution in [2.45, 2.75) is 13.3 Å². The van der Waals surface area contributed by atoms with E-state index >= 15 is 0 Å². The lowest BCUT2D eigenvalue weighted by atomic mass is 10.3. The van der Waals surface area contributed by atoms with Crippen LogP contribution >= 0.6 is 0 Å². The number of anilines is 1. The smallest absolute Gasteiger partial charge is 0.271 e. The number of aliphatic hydroxyl groups excluding tert-OH is 1. The molecule has 1 heterocycles. The molecule has 0 fully saturated rings. The van der Waals surface area contributed by atoms with E-state index in [0.717, 1.165) is 0 Å². The minimum absolute atomic E-state index is 0.0273. The second-order valence-corrected chi connectivity index (χ2v) is 3.70. The number of nitrogens with zero attached hydrogens (tertiary/aromatic N) is 3. The van der Waals surface area contributed by atoms with Crippen LogP contribution in [0.25, 0.3) is 0 Å². The van der Waals surface area contributed by atoms with Crippen molar-refractivity contribution in [2.24, 2.45) is 0 Å². The van der Waals surface area contributed by atoms with Crippen LogP contribution in [-0.4, -0.2) is 53.9 Å². The third-order valence-electron chi connectivity index (χ3n) is 2.27. The van der Waals surface area contributed by atoms with E-state index in [2.05, 4.69) is 15.5 Å². The highest BCUT2D eigenvalue weighted by atomic mass is 19.3. The molecular formula is C11H16F2N4O2. The quantitative estimate of drug-likeness (QED) is 0.747. The summed E-state index contributed by atoms with van der Waals surface area (Å²) in [6.45, 7) is 1.44. The summed E-state index contributed by atoms with van der Waals surface area (Å²) in [4.78, 5) is 12.6. The normalized spacial score (nSPS) is 10.6. The number of halogens is 2. The van der Waals surface area contributed by atoms with E-state index in [9.17, 15) is 13.6 Å². The predicted octanol–water partition coefficient (Wildman–Crippen LogP) is 0.290. The molecule has 1 rings (SSSR count). The van der Waals surface area contributed by atoms with Gasteiger partial charge in [0.05, 0.1) is 13.2 Å². The first-order valence-corrected chi connectivity index (χ1v) is 5.84. The molecule has 0 aliphatic rings. The highest BCUT2D eigenvalue weighted by Gasteiger charge is 2.15. The molecule has 0 saturated carbocycles. The van der Waals surface area contributed by atoms with Crippen molar-refractivity contribution < 1.29 is 18.7 Å². The standard InChI is InChI=1S/C11H16F2N4O2/c1-2-14-11(19)8-3-4-10(16-15-8)17(5-6-18)7-9(12)13/h3-4,9,18H,2,5-7H2,1H3,(H,14,19). The number of hydrogen-bond acceptors (Lipinski definition) is 5.